The normalized spacial score (nSPS) is 15.6. The fraction of sp³-hybridized carbons (Fsp3) is 0.591. The largest absolute Gasteiger partial charge is 0.494 e. The lowest BCUT2D eigenvalue weighted by atomic mass is 10.0. The maximum Gasteiger partial charge on any atom is 0.251 e. The second kappa shape index (κ2) is 11.4. The molecule has 3 amide bonds. The SMILES string of the molecule is CCOc1ccc(C(=O)NC(C(=O)NCCN2CCCCCC2=O)C(C)C)cc1. The standard InChI is InChI=1S/C22H33N3O4/c1-4-29-18-11-9-17(10-12-18)21(27)24-20(16(2)3)22(28)23-13-15-25-14-7-5-6-8-19(25)26/h9-12,16,20H,4-8,13-15H2,1-3H3,(H,23,28)(H,24,27). The van der Waals surface area contributed by atoms with E-state index in [4.69, 9.17) is 4.74 Å². The molecular weight excluding hydrogens is 370 g/mol. The summed E-state index contributed by atoms with van der Waals surface area (Å²) in [5.41, 5.74) is 0.474. The number of nitrogens with one attached hydrogen (secondary N) is 2. The van der Waals surface area contributed by atoms with Crippen LogP contribution in [-0.2, 0) is 9.59 Å². The van der Waals surface area contributed by atoms with Gasteiger partial charge in [-0.15, -0.1) is 0 Å². The van der Waals surface area contributed by atoms with E-state index in [-0.39, 0.29) is 23.6 Å². The van der Waals surface area contributed by atoms with Crippen molar-refractivity contribution in [3.63, 3.8) is 0 Å². The molecule has 0 aliphatic carbocycles. The highest BCUT2D eigenvalue weighted by Gasteiger charge is 2.25. The summed E-state index contributed by atoms with van der Waals surface area (Å²) >= 11 is 0. The van der Waals surface area contributed by atoms with E-state index in [1.165, 1.54) is 0 Å². The van der Waals surface area contributed by atoms with Crippen molar-refractivity contribution in [2.45, 2.75) is 52.5 Å². The first kappa shape index (κ1) is 22.7. The predicted molar refractivity (Wildman–Crippen MR) is 112 cm³/mol. The monoisotopic (exact) mass is 403 g/mol. The highest BCUT2D eigenvalue weighted by molar-refractivity contribution is 5.97. The van der Waals surface area contributed by atoms with Crippen LogP contribution in [0.15, 0.2) is 24.3 Å². The van der Waals surface area contributed by atoms with Crippen LogP contribution in [0.3, 0.4) is 0 Å². The zero-order valence-electron chi connectivity index (χ0n) is 17.7. The summed E-state index contributed by atoms with van der Waals surface area (Å²) < 4.78 is 5.38. The number of carbonyl (C=O) groups excluding carboxylic acids is 3. The molecule has 1 saturated heterocycles. The molecule has 2 N–H and O–H groups in total. The van der Waals surface area contributed by atoms with Crippen LogP contribution in [0.4, 0.5) is 0 Å². The molecule has 1 atom stereocenters. The van der Waals surface area contributed by atoms with Crippen molar-refractivity contribution in [1.29, 1.82) is 0 Å². The number of carbonyl (C=O) groups is 3. The highest BCUT2D eigenvalue weighted by atomic mass is 16.5. The zero-order valence-corrected chi connectivity index (χ0v) is 17.7. The molecule has 29 heavy (non-hydrogen) atoms. The van der Waals surface area contributed by atoms with Gasteiger partial charge < -0.3 is 20.3 Å². The molecule has 2 rings (SSSR count). The molecule has 0 radical (unpaired) electrons. The van der Waals surface area contributed by atoms with Gasteiger partial charge in [0.25, 0.3) is 5.91 Å². The lowest BCUT2D eigenvalue weighted by Crippen LogP contribution is -2.51. The van der Waals surface area contributed by atoms with Gasteiger partial charge in [0.2, 0.25) is 11.8 Å². The second-order valence-corrected chi connectivity index (χ2v) is 7.64. The third-order valence-corrected chi connectivity index (χ3v) is 5.02. The number of hydrogen-bond acceptors (Lipinski definition) is 4. The van der Waals surface area contributed by atoms with E-state index >= 15 is 0 Å². The quantitative estimate of drug-likeness (QED) is 0.663. The molecular formula is C22H33N3O4. The van der Waals surface area contributed by atoms with Gasteiger partial charge in [0.15, 0.2) is 0 Å². The second-order valence-electron chi connectivity index (χ2n) is 7.64. The first-order valence-corrected chi connectivity index (χ1v) is 10.5. The molecule has 0 aromatic heterocycles. The maximum absolute atomic E-state index is 12.6. The molecule has 1 heterocycles. The van der Waals surface area contributed by atoms with Crippen LogP contribution >= 0.6 is 0 Å². The third kappa shape index (κ3) is 7.07. The number of likely N-dealkylation sites (tertiary alicyclic amines) is 1. The van der Waals surface area contributed by atoms with Gasteiger partial charge in [0.05, 0.1) is 6.61 Å². The average molecular weight is 404 g/mol. The zero-order chi connectivity index (χ0) is 21.2. The van der Waals surface area contributed by atoms with Crippen molar-refractivity contribution in [1.82, 2.24) is 15.5 Å². The molecule has 1 unspecified atom stereocenters. The van der Waals surface area contributed by atoms with E-state index in [2.05, 4.69) is 10.6 Å². The molecule has 0 bridgehead atoms. The van der Waals surface area contributed by atoms with Gasteiger partial charge in [0.1, 0.15) is 11.8 Å². The summed E-state index contributed by atoms with van der Waals surface area (Å²) in [5.74, 6) is 0.249. The number of amides is 3. The van der Waals surface area contributed by atoms with Crippen LogP contribution in [0.5, 0.6) is 5.75 Å². The molecule has 1 aromatic carbocycles. The first-order chi connectivity index (χ1) is 13.9. The minimum atomic E-state index is -0.645. The summed E-state index contributed by atoms with van der Waals surface area (Å²) in [6.45, 7) is 7.87. The van der Waals surface area contributed by atoms with Crippen molar-refractivity contribution < 1.29 is 19.1 Å². The first-order valence-electron chi connectivity index (χ1n) is 10.5. The van der Waals surface area contributed by atoms with Crippen molar-refractivity contribution in [3.05, 3.63) is 29.8 Å². The van der Waals surface area contributed by atoms with Crippen LogP contribution < -0.4 is 15.4 Å². The van der Waals surface area contributed by atoms with Crippen molar-refractivity contribution in [2.75, 3.05) is 26.2 Å². The molecule has 1 aromatic rings. The molecule has 160 valence electrons. The fourth-order valence-electron chi connectivity index (χ4n) is 3.33. The lowest BCUT2D eigenvalue weighted by Gasteiger charge is -2.24. The Morgan fingerprint density at radius 3 is 2.52 bits per heavy atom. The van der Waals surface area contributed by atoms with Gasteiger partial charge in [0, 0.05) is 31.6 Å². The van der Waals surface area contributed by atoms with E-state index in [1.54, 1.807) is 24.3 Å². The molecule has 1 aliphatic heterocycles. The summed E-state index contributed by atoms with van der Waals surface area (Å²) in [6.07, 6.45) is 3.60. The smallest absolute Gasteiger partial charge is 0.251 e. The number of hydrogen-bond donors (Lipinski definition) is 2. The van der Waals surface area contributed by atoms with E-state index < -0.39 is 6.04 Å². The Morgan fingerprint density at radius 1 is 1.14 bits per heavy atom. The molecule has 0 spiro atoms. The lowest BCUT2D eigenvalue weighted by molar-refractivity contribution is -0.131. The van der Waals surface area contributed by atoms with Gasteiger partial charge in [-0.2, -0.15) is 0 Å². The topological polar surface area (TPSA) is 87.7 Å². The Morgan fingerprint density at radius 2 is 1.86 bits per heavy atom. The summed E-state index contributed by atoms with van der Waals surface area (Å²) in [4.78, 5) is 39.0. The van der Waals surface area contributed by atoms with Gasteiger partial charge in [-0.25, -0.2) is 0 Å². The van der Waals surface area contributed by atoms with Crippen LogP contribution in [0.25, 0.3) is 0 Å². The predicted octanol–water partition coefficient (Wildman–Crippen LogP) is 2.36. The minimum Gasteiger partial charge on any atom is -0.494 e. The summed E-state index contributed by atoms with van der Waals surface area (Å²) in [5, 5.41) is 5.69. The Hall–Kier alpha value is -2.57. The average Bonchev–Trinajstić information content (AvgIpc) is 2.90. The van der Waals surface area contributed by atoms with E-state index in [1.807, 2.05) is 25.7 Å². The van der Waals surface area contributed by atoms with E-state index in [0.717, 1.165) is 25.8 Å². The van der Waals surface area contributed by atoms with Crippen LogP contribution in [0, 0.1) is 5.92 Å². The van der Waals surface area contributed by atoms with Crippen LogP contribution in [-0.4, -0.2) is 54.9 Å². The van der Waals surface area contributed by atoms with Crippen molar-refractivity contribution in [3.8, 4) is 5.75 Å². The van der Waals surface area contributed by atoms with E-state index in [0.29, 0.717) is 37.4 Å². The Balaban J connectivity index is 1.88. The maximum atomic E-state index is 12.6. The third-order valence-electron chi connectivity index (χ3n) is 5.02. The van der Waals surface area contributed by atoms with Crippen LogP contribution in [0.1, 0.15) is 56.8 Å². The number of benzene rings is 1. The Bertz CT molecular complexity index is 688. The highest BCUT2D eigenvalue weighted by Crippen LogP contribution is 2.13. The Kier molecular flexibility index (Phi) is 8.96. The molecule has 7 heteroatoms. The van der Waals surface area contributed by atoms with Crippen molar-refractivity contribution in [2.24, 2.45) is 5.92 Å². The van der Waals surface area contributed by atoms with Crippen molar-refractivity contribution >= 4 is 17.7 Å². The number of nitrogens with zero attached hydrogens (tertiary/aromatic N) is 1. The fourth-order valence-corrected chi connectivity index (χ4v) is 3.33. The molecule has 1 aliphatic rings. The molecule has 1 fully saturated rings. The summed E-state index contributed by atoms with van der Waals surface area (Å²) in [7, 11) is 0. The van der Waals surface area contributed by atoms with Gasteiger partial charge in [-0.1, -0.05) is 20.3 Å². The molecule has 0 saturated carbocycles. The number of rotatable bonds is 9. The van der Waals surface area contributed by atoms with Gasteiger partial charge in [-0.05, 0) is 49.9 Å². The van der Waals surface area contributed by atoms with Crippen LogP contribution in [0.2, 0.25) is 0 Å². The summed E-state index contributed by atoms with van der Waals surface area (Å²) in [6, 6.07) is 6.19. The minimum absolute atomic E-state index is 0.0681. The molecule has 7 nitrogen and oxygen atoms in total. The Labute approximate surface area is 173 Å². The number of ether oxygens (including phenoxy) is 1. The van der Waals surface area contributed by atoms with Gasteiger partial charge >= 0.3 is 0 Å². The van der Waals surface area contributed by atoms with E-state index in [9.17, 15) is 14.4 Å². The van der Waals surface area contributed by atoms with Gasteiger partial charge in [-0.3, -0.25) is 14.4 Å².